The van der Waals surface area contributed by atoms with Crippen LogP contribution in [0.3, 0.4) is 0 Å². The Balaban J connectivity index is 2.28. The largest absolute Gasteiger partial charge is 0.332 e. The topological polar surface area (TPSA) is 66.1 Å². The number of H-pyrrole nitrogens is 1. The first-order valence-electron chi connectivity index (χ1n) is 5.33. The van der Waals surface area contributed by atoms with E-state index in [0.717, 1.165) is 6.42 Å². The molecule has 0 saturated carbocycles. The van der Waals surface area contributed by atoms with E-state index in [1.807, 2.05) is 0 Å². The lowest BCUT2D eigenvalue weighted by molar-refractivity contribution is 0.375. The van der Waals surface area contributed by atoms with Crippen LogP contribution in [0.25, 0.3) is 0 Å². The van der Waals surface area contributed by atoms with Crippen molar-refractivity contribution >= 4 is 10.0 Å². The van der Waals surface area contributed by atoms with Gasteiger partial charge in [0.25, 0.3) is 10.0 Å². The third-order valence-electron chi connectivity index (χ3n) is 2.94. The van der Waals surface area contributed by atoms with E-state index in [1.165, 1.54) is 10.5 Å². The molecule has 16 heavy (non-hydrogen) atoms. The van der Waals surface area contributed by atoms with Gasteiger partial charge in [-0.05, 0) is 18.8 Å². The molecular weight excluding hydrogens is 226 g/mol. The maximum atomic E-state index is 12.2. The summed E-state index contributed by atoms with van der Waals surface area (Å²) in [5.74, 6) is 0.622. The third-order valence-corrected chi connectivity index (χ3v) is 4.69. The molecule has 0 radical (unpaired) electrons. The van der Waals surface area contributed by atoms with E-state index >= 15 is 0 Å². The first-order valence-corrected chi connectivity index (χ1v) is 6.77. The molecule has 6 heteroatoms. The molecular formula is C10H17N3O2S. The Labute approximate surface area is 95.9 Å². The van der Waals surface area contributed by atoms with E-state index in [9.17, 15) is 8.42 Å². The van der Waals surface area contributed by atoms with E-state index in [1.54, 1.807) is 6.92 Å². The number of rotatable bonds is 2. The van der Waals surface area contributed by atoms with Gasteiger partial charge in [0, 0.05) is 13.1 Å². The molecule has 1 aromatic heterocycles. The van der Waals surface area contributed by atoms with Crippen LogP contribution in [0.5, 0.6) is 0 Å². The number of aromatic nitrogens is 2. The lowest BCUT2D eigenvalue weighted by Crippen LogP contribution is -2.30. The number of hydrogen-bond donors (Lipinski definition) is 1. The summed E-state index contributed by atoms with van der Waals surface area (Å²) >= 11 is 0. The van der Waals surface area contributed by atoms with E-state index in [4.69, 9.17) is 0 Å². The lowest BCUT2D eigenvalue weighted by Gasteiger charge is -2.18. The van der Waals surface area contributed by atoms with Crippen molar-refractivity contribution in [2.24, 2.45) is 5.41 Å². The van der Waals surface area contributed by atoms with E-state index in [0.29, 0.717) is 18.9 Å². The minimum absolute atomic E-state index is 0.0716. The maximum absolute atomic E-state index is 12.2. The van der Waals surface area contributed by atoms with Crippen LogP contribution in [-0.2, 0) is 10.0 Å². The molecule has 1 aliphatic rings. The molecule has 0 amide bonds. The summed E-state index contributed by atoms with van der Waals surface area (Å²) in [7, 11) is -3.37. The number of imidazole rings is 1. The minimum Gasteiger partial charge on any atom is -0.332 e. The van der Waals surface area contributed by atoms with Crippen molar-refractivity contribution in [2.45, 2.75) is 32.2 Å². The first kappa shape index (κ1) is 11.6. The van der Waals surface area contributed by atoms with Gasteiger partial charge in [-0.1, -0.05) is 13.8 Å². The van der Waals surface area contributed by atoms with Crippen LogP contribution >= 0.6 is 0 Å². The smallest absolute Gasteiger partial charge is 0.260 e. The summed E-state index contributed by atoms with van der Waals surface area (Å²) in [5.41, 5.74) is 0.0716. The summed E-state index contributed by atoms with van der Waals surface area (Å²) in [5, 5.41) is 0.197. The Morgan fingerprint density at radius 1 is 1.50 bits per heavy atom. The number of nitrogens with zero attached hydrogens (tertiary/aromatic N) is 2. The highest BCUT2D eigenvalue weighted by atomic mass is 32.2. The number of nitrogens with one attached hydrogen (secondary N) is 1. The zero-order valence-corrected chi connectivity index (χ0v) is 10.6. The molecule has 1 aliphatic heterocycles. The van der Waals surface area contributed by atoms with Crippen molar-refractivity contribution in [3.05, 3.63) is 12.0 Å². The van der Waals surface area contributed by atoms with E-state index < -0.39 is 10.0 Å². The molecule has 2 rings (SSSR count). The minimum atomic E-state index is -3.37. The van der Waals surface area contributed by atoms with Crippen molar-refractivity contribution in [1.82, 2.24) is 14.3 Å². The van der Waals surface area contributed by atoms with Crippen LogP contribution in [0.15, 0.2) is 11.2 Å². The summed E-state index contributed by atoms with van der Waals surface area (Å²) in [6.45, 7) is 7.08. The molecule has 1 fully saturated rings. The second-order valence-corrected chi connectivity index (χ2v) is 6.99. The van der Waals surface area contributed by atoms with Crippen LogP contribution in [0, 0.1) is 12.3 Å². The number of aryl methyl sites for hydroxylation is 1. The average Bonchev–Trinajstić information content (AvgIpc) is 2.72. The predicted octanol–water partition coefficient (Wildman–Crippen LogP) is 1.14. The van der Waals surface area contributed by atoms with Gasteiger partial charge < -0.3 is 4.98 Å². The SMILES string of the molecule is Cc1ncc(S(=O)(=O)N2CCC(C)(C)C2)[nH]1. The van der Waals surface area contributed by atoms with Crippen molar-refractivity contribution in [3.8, 4) is 0 Å². The maximum Gasteiger partial charge on any atom is 0.260 e. The van der Waals surface area contributed by atoms with Crippen LogP contribution < -0.4 is 0 Å². The van der Waals surface area contributed by atoms with E-state index in [-0.39, 0.29) is 10.4 Å². The van der Waals surface area contributed by atoms with Crippen molar-refractivity contribution < 1.29 is 8.42 Å². The first-order chi connectivity index (χ1) is 7.31. The molecule has 0 aromatic carbocycles. The summed E-state index contributed by atoms with van der Waals surface area (Å²) < 4.78 is 25.9. The second-order valence-electron chi connectivity index (χ2n) is 5.09. The quantitative estimate of drug-likeness (QED) is 0.847. The zero-order chi connectivity index (χ0) is 12.0. The molecule has 5 nitrogen and oxygen atoms in total. The second kappa shape index (κ2) is 3.56. The molecule has 1 aromatic rings. The fourth-order valence-corrected chi connectivity index (χ4v) is 3.53. The highest BCUT2D eigenvalue weighted by molar-refractivity contribution is 7.89. The van der Waals surface area contributed by atoms with Crippen LogP contribution in [-0.4, -0.2) is 35.8 Å². The number of aromatic amines is 1. The molecule has 1 N–H and O–H groups in total. The van der Waals surface area contributed by atoms with Gasteiger partial charge in [-0.2, -0.15) is 4.31 Å². The fourth-order valence-electron chi connectivity index (χ4n) is 1.94. The molecule has 2 heterocycles. The fraction of sp³-hybridized carbons (Fsp3) is 0.700. The van der Waals surface area contributed by atoms with Gasteiger partial charge >= 0.3 is 0 Å². The van der Waals surface area contributed by atoms with E-state index in [2.05, 4.69) is 23.8 Å². The normalized spacial score (nSPS) is 21.4. The Kier molecular flexibility index (Phi) is 2.58. The van der Waals surface area contributed by atoms with Crippen LogP contribution in [0.1, 0.15) is 26.1 Å². The molecule has 0 aliphatic carbocycles. The predicted molar refractivity (Wildman–Crippen MR) is 60.5 cm³/mol. The van der Waals surface area contributed by atoms with Gasteiger partial charge in [0.1, 0.15) is 5.82 Å². The van der Waals surface area contributed by atoms with Gasteiger partial charge in [-0.3, -0.25) is 0 Å². The molecule has 0 atom stereocenters. The molecule has 0 bridgehead atoms. The monoisotopic (exact) mass is 243 g/mol. The van der Waals surface area contributed by atoms with Gasteiger partial charge in [0.2, 0.25) is 0 Å². The van der Waals surface area contributed by atoms with Gasteiger partial charge in [0.15, 0.2) is 5.03 Å². The molecule has 0 unspecified atom stereocenters. The molecule has 1 saturated heterocycles. The Bertz CT molecular complexity index is 490. The third kappa shape index (κ3) is 1.99. The lowest BCUT2D eigenvalue weighted by atomic mass is 9.93. The highest BCUT2D eigenvalue weighted by Crippen LogP contribution is 2.32. The van der Waals surface area contributed by atoms with Crippen LogP contribution in [0.4, 0.5) is 0 Å². The summed E-state index contributed by atoms with van der Waals surface area (Å²) in [6.07, 6.45) is 2.29. The standard InChI is InChI=1S/C10H17N3O2S/c1-8-11-6-9(12-8)16(14,15)13-5-4-10(2,3)7-13/h6H,4-5,7H2,1-3H3,(H,11,12). The van der Waals surface area contributed by atoms with Gasteiger partial charge in [-0.25, -0.2) is 13.4 Å². The van der Waals surface area contributed by atoms with Gasteiger partial charge in [0.05, 0.1) is 6.20 Å². The Morgan fingerprint density at radius 2 is 2.19 bits per heavy atom. The molecule has 90 valence electrons. The van der Waals surface area contributed by atoms with Crippen molar-refractivity contribution in [1.29, 1.82) is 0 Å². The number of hydrogen-bond acceptors (Lipinski definition) is 3. The van der Waals surface area contributed by atoms with Gasteiger partial charge in [-0.15, -0.1) is 0 Å². The Morgan fingerprint density at radius 3 is 2.62 bits per heavy atom. The summed E-state index contributed by atoms with van der Waals surface area (Å²) in [4.78, 5) is 6.71. The Hall–Kier alpha value is -0.880. The molecule has 0 spiro atoms. The van der Waals surface area contributed by atoms with Crippen LogP contribution in [0.2, 0.25) is 0 Å². The summed E-state index contributed by atoms with van der Waals surface area (Å²) in [6, 6.07) is 0. The number of sulfonamides is 1. The average molecular weight is 243 g/mol. The van der Waals surface area contributed by atoms with Crippen molar-refractivity contribution in [3.63, 3.8) is 0 Å². The highest BCUT2D eigenvalue weighted by Gasteiger charge is 2.37. The van der Waals surface area contributed by atoms with Crippen molar-refractivity contribution in [2.75, 3.05) is 13.1 Å². The zero-order valence-electron chi connectivity index (χ0n) is 9.82.